The third kappa shape index (κ3) is 4.42. The summed E-state index contributed by atoms with van der Waals surface area (Å²) in [7, 11) is 0. The first kappa shape index (κ1) is 18.0. The Labute approximate surface area is 147 Å². The van der Waals surface area contributed by atoms with E-state index in [9.17, 15) is 18.3 Å². The van der Waals surface area contributed by atoms with Crippen LogP contribution < -0.4 is 10.1 Å². The van der Waals surface area contributed by atoms with Crippen LogP contribution in [0.15, 0.2) is 42.6 Å². The lowest BCUT2D eigenvalue weighted by Crippen LogP contribution is -2.29. The van der Waals surface area contributed by atoms with Gasteiger partial charge in [-0.1, -0.05) is 12.1 Å². The maximum absolute atomic E-state index is 12.4. The predicted molar refractivity (Wildman–Crippen MR) is 89.9 cm³/mol. The zero-order valence-corrected chi connectivity index (χ0v) is 14.1. The Morgan fingerprint density at radius 2 is 1.96 bits per heavy atom. The summed E-state index contributed by atoms with van der Waals surface area (Å²) >= 11 is 0. The van der Waals surface area contributed by atoms with E-state index in [4.69, 9.17) is 0 Å². The lowest BCUT2D eigenvalue weighted by Gasteiger charge is -2.18. The van der Waals surface area contributed by atoms with Crippen LogP contribution in [-0.2, 0) is 0 Å². The predicted octanol–water partition coefficient (Wildman–Crippen LogP) is 3.48. The van der Waals surface area contributed by atoms with Crippen molar-refractivity contribution in [3.8, 4) is 17.0 Å². The second-order valence-electron chi connectivity index (χ2n) is 6.37. The molecule has 0 amide bonds. The normalized spacial score (nSPS) is 12.4. The van der Waals surface area contributed by atoms with E-state index in [-0.39, 0.29) is 12.3 Å². The highest BCUT2D eigenvalue weighted by Crippen LogP contribution is 2.28. The summed E-state index contributed by atoms with van der Waals surface area (Å²) in [6, 6.07) is 9.04. The summed E-state index contributed by atoms with van der Waals surface area (Å²) < 4.78 is 42.7. The van der Waals surface area contributed by atoms with Crippen molar-refractivity contribution in [1.29, 1.82) is 0 Å². The summed E-state index contributed by atoms with van der Waals surface area (Å²) in [5.41, 5.74) is 0.611. The molecule has 138 valence electrons. The van der Waals surface area contributed by atoms with E-state index in [1.165, 1.54) is 28.9 Å². The molecule has 0 radical (unpaired) electrons. The lowest BCUT2D eigenvalue weighted by molar-refractivity contribution is -0.274. The van der Waals surface area contributed by atoms with Crippen LogP contribution in [-0.4, -0.2) is 38.2 Å². The molecular weight excluding hydrogens is 349 g/mol. The fourth-order valence-corrected chi connectivity index (χ4v) is 2.32. The molecule has 2 aromatic heterocycles. The molecule has 0 aliphatic heterocycles. The summed E-state index contributed by atoms with van der Waals surface area (Å²) in [6.07, 6.45) is -3.24. The Kier molecular flexibility index (Phi) is 4.49. The van der Waals surface area contributed by atoms with Gasteiger partial charge in [0.15, 0.2) is 5.65 Å². The zero-order chi connectivity index (χ0) is 18.9. The number of halogens is 3. The highest BCUT2D eigenvalue weighted by Gasteiger charge is 2.31. The summed E-state index contributed by atoms with van der Waals surface area (Å²) in [4.78, 5) is 4.21. The van der Waals surface area contributed by atoms with Crippen molar-refractivity contribution in [3.63, 3.8) is 0 Å². The fraction of sp³-hybridized carbons (Fsp3) is 0.294. The van der Waals surface area contributed by atoms with Gasteiger partial charge in [-0.2, -0.15) is 0 Å². The number of anilines is 1. The molecule has 0 saturated carbocycles. The number of aromatic nitrogens is 3. The van der Waals surface area contributed by atoms with Crippen molar-refractivity contribution in [2.45, 2.75) is 25.8 Å². The van der Waals surface area contributed by atoms with Gasteiger partial charge in [-0.3, -0.25) is 0 Å². The van der Waals surface area contributed by atoms with Gasteiger partial charge in [-0.25, -0.2) is 9.50 Å². The number of nitrogens with zero attached hydrogens (tertiary/aromatic N) is 3. The van der Waals surface area contributed by atoms with E-state index in [1.54, 1.807) is 32.0 Å². The smallest absolute Gasteiger partial charge is 0.406 e. The highest BCUT2D eigenvalue weighted by atomic mass is 19.4. The molecule has 0 aliphatic carbocycles. The summed E-state index contributed by atoms with van der Waals surface area (Å²) in [5, 5.41) is 17.2. The van der Waals surface area contributed by atoms with Gasteiger partial charge < -0.3 is 15.2 Å². The number of imidazole rings is 1. The van der Waals surface area contributed by atoms with Crippen molar-refractivity contribution in [2.75, 3.05) is 11.9 Å². The highest BCUT2D eigenvalue weighted by molar-refractivity contribution is 5.65. The number of ether oxygens (including phenoxy) is 1. The van der Waals surface area contributed by atoms with Crippen molar-refractivity contribution < 1.29 is 23.0 Å². The third-order valence-electron chi connectivity index (χ3n) is 3.43. The van der Waals surface area contributed by atoms with Gasteiger partial charge in [0.1, 0.15) is 11.6 Å². The van der Waals surface area contributed by atoms with Crippen LogP contribution in [0.3, 0.4) is 0 Å². The number of aliphatic hydroxyl groups is 1. The van der Waals surface area contributed by atoms with Crippen molar-refractivity contribution in [3.05, 3.63) is 42.6 Å². The maximum atomic E-state index is 12.4. The Morgan fingerprint density at radius 1 is 1.19 bits per heavy atom. The van der Waals surface area contributed by atoms with Crippen molar-refractivity contribution in [1.82, 2.24) is 14.6 Å². The van der Waals surface area contributed by atoms with Gasteiger partial charge in [0, 0.05) is 12.1 Å². The van der Waals surface area contributed by atoms with Crippen LogP contribution in [0.2, 0.25) is 0 Å². The Balaban J connectivity index is 1.94. The minimum absolute atomic E-state index is 0.282. The monoisotopic (exact) mass is 366 g/mol. The zero-order valence-electron chi connectivity index (χ0n) is 14.1. The number of alkyl halides is 3. The lowest BCUT2D eigenvalue weighted by atomic mass is 10.1. The molecule has 0 saturated heterocycles. The quantitative estimate of drug-likeness (QED) is 0.723. The van der Waals surface area contributed by atoms with E-state index >= 15 is 0 Å². The number of benzene rings is 1. The van der Waals surface area contributed by atoms with Crippen molar-refractivity contribution >= 4 is 11.5 Å². The summed E-state index contributed by atoms with van der Waals surface area (Å²) in [6.45, 7) is 3.60. The first-order valence-corrected chi connectivity index (χ1v) is 7.78. The van der Waals surface area contributed by atoms with Crippen molar-refractivity contribution in [2.24, 2.45) is 0 Å². The van der Waals surface area contributed by atoms with E-state index in [2.05, 4.69) is 20.1 Å². The number of fused-ring (bicyclic) bond motifs is 1. The molecule has 9 heteroatoms. The summed E-state index contributed by atoms with van der Waals surface area (Å²) in [5.74, 6) is 0.183. The van der Waals surface area contributed by atoms with E-state index in [0.717, 1.165) is 0 Å². The Hall–Kier alpha value is -2.81. The average Bonchev–Trinajstić information content (AvgIpc) is 2.94. The number of rotatable bonds is 5. The second-order valence-corrected chi connectivity index (χ2v) is 6.37. The number of nitrogens with one attached hydrogen (secondary N) is 1. The molecule has 0 atom stereocenters. The van der Waals surface area contributed by atoms with Gasteiger partial charge in [0.05, 0.1) is 17.5 Å². The first-order valence-electron chi connectivity index (χ1n) is 7.78. The SMILES string of the molecule is CC(C)(O)CNc1ccc2ncc(-c3cccc(OC(F)(F)F)c3)n2n1. The van der Waals surface area contributed by atoms with Crippen LogP contribution >= 0.6 is 0 Å². The molecular formula is C17H17F3N4O2. The van der Waals surface area contributed by atoms with E-state index in [1.807, 2.05) is 0 Å². The van der Waals surface area contributed by atoms with Crippen LogP contribution in [0.25, 0.3) is 16.9 Å². The minimum atomic E-state index is -4.76. The molecule has 0 fully saturated rings. The van der Waals surface area contributed by atoms with E-state index < -0.39 is 12.0 Å². The topological polar surface area (TPSA) is 71.7 Å². The molecule has 2 N–H and O–H groups in total. The minimum Gasteiger partial charge on any atom is -0.406 e. The van der Waals surface area contributed by atoms with Gasteiger partial charge in [-0.15, -0.1) is 18.3 Å². The number of hydrogen-bond donors (Lipinski definition) is 2. The maximum Gasteiger partial charge on any atom is 0.573 e. The molecule has 1 aromatic carbocycles. The van der Waals surface area contributed by atoms with Crippen LogP contribution in [0, 0.1) is 0 Å². The molecule has 26 heavy (non-hydrogen) atoms. The molecule has 3 aromatic rings. The largest absolute Gasteiger partial charge is 0.573 e. The van der Waals surface area contributed by atoms with Gasteiger partial charge in [0.25, 0.3) is 0 Å². The first-order chi connectivity index (χ1) is 12.1. The molecule has 3 rings (SSSR count). The molecule has 0 bridgehead atoms. The standard InChI is InChI=1S/C17H17F3N4O2/c1-16(2,25)10-22-14-6-7-15-21-9-13(24(15)23-14)11-4-3-5-12(8-11)26-17(18,19)20/h3-9,25H,10H2,1-2H3,(H,22,23). The van der Waals surface area contributed by atoms with E-state index in [0.29, 0.717) is 22.7 Å². The molecule has 0 unspecified atom stereocenters. The van der Waals surface area contributed by atoms with Crippen LogP contribution in [0.1, 0.15) is 13.8 Å². The molecule has 0 aliphatic rings. The average molecular weight is 366 g/mol. The third-order valence-corrected chi connectivity index (χ3v) is 3.43. The number of hydrogen-bond acceptors (Lipinski definition) is 5. The molecule has 2 heterocycles. The fourth-order valence-electron chi connectivity index (χ4n) is 2.32. The second kappa shape index (κ2) is 6.49. The Bertz CT molecular complexity index is 916. The van der Waals surface area contributed by atoms with Crippen LogP contribution in [0.4, 0.5) is 19.0 Å². The molecule has 0 spiro atoms. The molecule has 6 nitrogen and oxygen atoms in total. The van der Waals surface area contributed by atoms with Gasteiger partial charge in [0.2, 0.25) is 0 Å². The van der Waals surface area contributed by atoms with Gasteiger partial charge >= 0.3 is 6.36 Å². The van der Waals surface area contributed by atoms with Gasteiger partial charge in [-0.05, 0) is 38.1 Å². The Morgan fingerprint density at radius 3 is 2.65 bits per heavy atom. The van der Waals surface area contributed by atoms with Crippen LogP contribution in [0.5, 0.6) is 5.75 Å².